The van der Waals surface area contributed by atoms with Crippen molar-refractivity contribution in [3.8, 4) is 10.6 Å². The number of halogens is 3. The molecule has 3 rings (SSSR count). The van der Waals surface area contributed by atoms with Crippen LogP contribution < -0.4 is 5.73 Å². The molecule has 104 valence electrons. The molecule has 0 aromatic carbocycles. The molecule has 0 amide bonds. The number of hydrogen-bond acceptors (Lipinski definition) is 6. The van der Waals surface area contributed by atoms with Crippen LogP contribution in [0.5, 0.6) is 0 Å². The van der Waals surface area contributed by atoms with Crippen molar-refractivity contribution in [3.63, 3.8) is 0 Å². The highest BCUT2D eigenvalue weighted by Gasteiger charge is 2.38. The van der Waals surface area contributed by atoms with Crippen molar-refractivity contribution in [2.24, 2.45) is 5.73 Å². The van der Waals surface area contributed by atoms with E-state index in [1.807, 2.05) is 0 Å². The Morgan fingerprint density at radius 3 is 2.80 bits per heavy atom. The van der Waals surface area contributed by atoms with Gasteiger partial charge in [0.15, 0.2) is 0 Å². The van der Waals surface area contributed by atoms with Crippen molar-refractivity contribution in [1.82, 2.24) is 24.8 Å². The molecule has 0 atom stereocenters. The van der Waals surface area contributed by atoms with E-state index in [9.17, 15) is 13.2 Å². The average molecular weight is 300 g/mol. The highest BCUT2D eigenvalue weighted by Crippen LogP contribution is 2.31. The van der Waals surface area contributed by atoms with Gasteiger partial charge in [0.1, 0.15) is 5.01 Å². The van der Waals surface area contributed by atoms with Crippen molar-refractivity contribution < 1.29 is 13.2 Å². The van der Waals surface area contributed by atoms with E-state index in [4.69, 9.17) is 5.73 Å². The largest absolute Gasteiger partial charge is 0.453 e. The zero-order chi connectivity index (χ0) is 14.3. The molecule has 0 unspecified atom stereocenters. The van der Waals surface area contributed by atoms with Crippen molar-refractivity contribution in [2.75, 3.05) is 0 Å². The molecule has 0 saturated carbocycles. The lowest BCUT2D eigenvalue weighted by Crippen LogP contribution is -2.11. The smallest absolute Gasteiger partial charge is 0.325 e. The third-order valence-electron chi connectivity index (χ3n) is 2.52. The number of nitrogens with two attached hydrogens (primary N) is 1. The Hall–Kier alpha value is -2.07. The number of alkyl halides is 3. The minimum Gasteiger partial charge on any atom is -0.325 e. The molecule has 0 spiro atoms. The Kier molecular flexibility index (Phi) is 2.91. The van der Waals surface area contributed by atoms with E-state index in [1.165, 1.54) is 6.20 Å². The number of aromatic nitrogens is 5. The highest BCUT2D eigenvalue weighted by atomic mass is 32.1. The van der Waals surface area contributed by atoms with Gasteiger partial charge in [0.25, 0.3) is 5.82 Å². The van der Waals surface area contributed by atoms with Crippen LogP contribution in [-0.4, -0.2) is 24.8 Å². The lowest BCUT2D eigenvalue weighted by atomic mass is 10.2. The zero-order valence-corrected chi connectivity index (χ0v) is 10.6. The molecule has 10 heteroatoms. The number of nitrogens with zero attached hydrogens (tertiary/aromatic N) is 5. The van der Waals surface area contributed by atoms with Crippen LogP contribution in [0.25, 0.3) is 15.5 Å². The van der Waals surface area contributed by atoms with Gasteiger partial charge in [-0.15, -0.1) is 10.2 Å². The summed E-state index contributed by atoms with van der Waals surface area (Å²) < 4.78 is 38.8. The second-order valence-corrected chi connectivity index (χ2v) is 4.82. The van der Waals surface area contributed by atoms with Crippen molar-refractivity contribution in [3.05, 3.63) is 29.8 Å². The first-order valence-electron chi connectivity index (χ1n) is 5.44. The summed E-state index contributed by atoms with van der Waals surface area (Å²) in [4.78, 5) is 4.10. The summed E-state index contributed by atoms with van der Waals surface area (Å²) in [5, 5.41) is 10.9. The number of rotatable bonds is 2. The molecule has 0 bridgehead atoms. The molecule has 2 N–H and O–H groups in total. The summed E-state index contributed by atoms with van der Waals surface area (Å²) in [6.07, 6.45) is -3.06. The van der Waals surface area contributed by atoms with Gasteiger partial charge in [-0.3, -0.25) is 4.98 Å². The Morgan fingerprint density at radius 2 is 2.10 bits per heavy atom. The van der Waals surface area contributed by atoms with Crippen LogP contribution in [0.2, 0.25) is 0 Å². The fourth-order valence-electron chi connectivity index (χ4n) is 1.63. The molecular formula is C10H7F3N6S. The quantitative estimate of drug-likeness (QED) is 0.779. The van der Waals surface area contributed by atoms with Gasteiger partial charge >= 0.3 is 6.18 Å². The summed E-state index contributed by atoms with van der Waals surface area (Å²) in [5.41, 5.74) is 6.75. The summed E-state index contributed by atoms with van der Waals surface area (Å²) >= 11 is 1.02. The van der Waals surface area contributed by atoms with Crippen LogP contribution in [-0.2, 0) is 12.7 Å². The number of fused-ring (bicyclic) bond motifs is 1. The first kappa shape index (κ1) is 12.9. The van der Waals surface area contributed by atoms with Crippen molar-refractivity contribution >= 4 is 16.3 Å². The van der Waals surface area contributed by atoms with Gasteiger partial charge in [-0.25, -0.2) is 0 Å². The molecule has 3 aromatic rings. The van der Waals surface area contributed by atoms with Crippen LogP contribution in [0.1, 0.15) is 11.5 Å². The first-order chi connectivity index (χ1) is 9.49. The van der Waals surface area contributed by atoms with Crippen LogP contribution in [0, 0.1) is 0 Å². The third kappa shape index (κ3) is 2.12. The van der Waals surface area contributed by atoms with Gasteiger partial charge in [0.05, 0.1) is 5.69 Å². The maximum Gasteiger partial charge on any atom is 0.453 e. The molecule has 0 saturated heterocycles. The second kappa shape index (κ2) is 4.49. The summed E-state index contributed by atoms with van der Waals surface area (Å²) in [7, 11) is 0. The second-order valence-electron chi connectivity index (χ2n) is 3.86. The summed E-state index contributed by atoms with van der Waals surface area (Å²) in [5.74, 6) is -1.14. The lowest BCUT2D eigenvalue weighted by Gasteiger charge is -2.01. The maximum absolute atomic E-state index is 12.7. The average Bonchev–Trinajstić information content (AvgIpc) is 2.97. The minimum atomic E-state index is -4.59. The molecule has 3 aromatic heterocycles. The Bertz CT molecular complexity index is 762. The predicted molar refractivity (Wildman–Crippen MR) is 64.8 cm³/mol. The molecule has 3 heterocycles. The van der Waals surface area contributed by atoms with Gasteiger partial charge < -0.3 is 5.73 Å². The van der Waals surface area contributed by atoms with Crippen LogP contribution in [0.15, 0.2) is 18.3 Å². The van der Waals surface area contributed by atoms with Gasteiger partial charge in [-0.05, 0) is 12.1 Å². The standard InChI is InChI=1S/C10H7F3N6S/c11-10(12,13)8-16-17-9-19(8)18-7(20-9)5-1-2-15-6(3-5)4-14/h1-3H,4,14H2. The van der Waals surface area contributed by atoms with Crippen molar-refractivity contribution in [2.45, 2.75) is 12.7 Å². The molecule has 0 aliphatic carbocycles. The zero-order valence-electron chi connectivity index (χ0n) is 9.79. The fourth-order valence-corrected chi connectivity index (χ4v) is 2.47. The molecule has 6 nitrogen and oxygen atoms in total. The Balaban J connectivity index is 2.11. The first-order valence-corrected chi connectivity index (χ1v) is 6.25. The van der Waals surface area contributed by atoms with E-state index in [0.29, 0.717) is 20.8 Å². The van der Waals surface area contributed by atoms with Crippen LogP contribution in [0.4, 0.5) is 13.2 Å². The van der Waals surface area contributed by atoms with E-state index in [-0.39, 0.29) is 11.5 Å². The maximum atomic E-state index is 12.7. The van der Waals surface area contributed by atoms with Crippen molar-refractivity contribution in [1.29, 1.82) is 0 Å². The van der Waals surface area contributed by atoms with E-state index >= 15 is 0 Å². The predicted octanol–water partition coefficient (Wildman–Crippen LogP) is 1.73. The Labute approximate surface area is 114 Å². The highest BCUT2D eigenvalue weighted by molar-refractivity contribution is 7.19. The molecule has 0 aliphatic heterocycles. The van der Waals surface area contributed by atoms with Gasteiger partial charge in [0.2, 0.25) is 4.96 Å². The van der Waals surface area contributed by atoms with Crippen LogP contribution >= 0.6 is 11.3 Å². The van der Waals surface area contributed by atoms with Gasteiger partial charge in [0, 0.05) is 18.3 Å². The van der Waals surface area contributed by atoms with Gasteiger partial charge in [-0.2, -0.15) is 22.8 Å². The minimum absolute atomic E-state index is 0.0819. The molecule has 0 aliphatic rings. The van der Waals surface area contributed by atoms with E-state index in [1.54, 1.807) is 12.1 Å². The van der Waals surface area contributed by atoms with E-state index in [0.717, 1.165) is 11.3 Å². The normalized spacial score (nSPS) is 12.2. The monoisotopic (exact) mass is 300 g/mol. The summed E-state index contributed by atoms with van der Waals surface area (Å²) in [6, 6.07) is 3.33. The van der Waals surface area contributed by atoms with E-state index in [2.05, 4.69) is 20.3 Å². The van der Waals surface area contributed by atoms with Gasteiger partial charge in [-0.1, -0.05) is 11.3 Å². The molecular weight excluding hydrogens is 293 g/mol. The summed E-state index contributed by atoms with van der Waals surface area (Å²) in [6.45, 7) is 0.242. The Morgan fingerprint density at radius 1 is 1.30 bits per heavy atom. The lowest BCUT2D eigenvalue weighted by molar-refractivity contribution is -0.146. The molecule has 0 fully saturated rings. The fraction of sp³-hybridized carbons (Fsp3) is 0.200. The SMILES string of the molecule is NCc1cc(-c2nn3c(C(F)(F)F)nnc3s2)ccn1. The van der Waals surface area contributed by atoms with E-state index < -0.39 is 12.0 Å². The number of hydrogen-bond donors (Lipinski definition) is 1. The number of pyridine rings is 1. The topological polar surface area (TPSA) is 82.0 Å². The third-order valence-corrected chi connectivity index (χ3v) is 3.46. The molecule has 20 heavy (non-hydrogen) atoms. The molecule has 0 radical (unpaired) electrons. The van der Waals surface area contributed by atoms with Crippen LogP contribution in [0.3, 0.4) is 0 Å².